The standard InChI is InChI=1S/C17H21NO3/c1-20-16-11-13(17(18-12-19)9-2-3-10-17)7-8-15(16)21-14-5-4-6-14/h7-8,11,14H,2-6,9-10H2,1H3. The summed E-state index contributed by atoms with van der Waals surface area (Å²) in [6.07, 6.45) is 9.52. The van der Waals surface area contributed by atoms with E-state index in [0.29, 0.717) is 6.10 Å². The van der Waals surface area contributed by atoms with E-state index in [1.165, 1.54) is 6.42 Å². The number of isocyanates is 1. The lowest BCUT2D eigenvalue weighted by atomic mass is 9.88. The van der Waals surface area contributed by atoms with E-state index < -0.39 is 5.54 Å². The van der Waals surface area contributed by atoms with Gasteiger partial charge in [0.2, 0.25) is 6.08 Å². The number of nitrogens with zero attached hydrogens (tertiary/aromatic N) is 1. The van der Waals surface area contributed by atoms with E-state index in [1.54, 1.807) is 13.2 Å². The van der Waals surface area contributed by atoms with Crippen LogP contribution in [0.2, 0.25) is 0 Å². The first-order valence-electron chi connectivity index (χ1n) is 7.72. The Morgan fingerprint density at radius 1 is 1.19 bits per heavy atom. The average molecular weight is 287 g/mol. The fourth-order valence-electron chi connectivity index (χ4n) is 3.23. The van der Waals surface area contributed by atoms with Gasteiger partial charge >= 0.3 is 0 Å². The van der Waals surface area contributed by atoms with Crippen molar-refractivity contribution < 1.29 is 14.3 Å². The van der Waals surface area contributed by atoms with Gasteiger partial charge in [0.25, 0.3) is 0 Å². The maximum Gasteiger partial charge on any atom is 0.235 e. The fourth-order valence-corrected chi connectivity index (χ4v) is 3.23. The smallest absolute Gasteiger partial charge is 0.235 e. The molecule has 4 nitrogen and oxygen atoms in total. The Morgan fingerprint density at radius 3 is 2.52 bits per heavy atom. The van der Waals surface area contributed by atoms with Gasteiger partial charge in [-0.25, -0.2) is 4.79 Å². The van der Waals surface area contributed by atoms with E-state index in [1.807, 2.05) is 18.2 Å². The lowest BCUT2D eigenvalue weighted by molar-refractivity contribution is 0.116. The first-order chi connectivity index (χ1) is 10.3. The number of methoxy groups -OCH3 is 1. The summed E-state index contributed by atoms with van der Waals surface area (Å²) >= 11 is 0. The van der Waals surface area contributed by atoms with Crippen LogP contribution in [0, 0.1) is 0 Å². The van der Waals surface area contributed by atoms with Crippen molar-refractivity contribution in [3.63, 3.8) is 0 Å². The molecule has 2 fully saturated rings. The molecule has 1 aromatic carbocycles. The zero-order chi connectivity index (χ0) is 14.7. The van der Waals surface area contributed by atoms with Gasteiger partial charge < -0.3 is 9.47 Å². The molecular weight excluding hydrogens is 266 g/mol. The second-order valence-corrected chi connectivity index (χ2v) is 5.98. The molecule has 0 bridgehead atoms. The number of hydrogen-bond acceptors (Lipinski definition) is 4. The summed E-state index contributed by atoms with van der Waals surface area (Å²) in [6.45, 7) is 0. The first-order valence-corrected chi connectivity index (χ1v) is 7.72. The SMILES string of the molecule is COc1cc(C2(N=C=O)CCCC2)ccc1OC1CCC1. The maximum atomic E-state index is 10.8. The van der Waals surface area contributed by atoms with Gasteiger partial charge in [-0.2, -0.15) is 4.99 Å². The van der Waals surface area contributed by atoms with Crippen molar-refractivity contribution in [3.8, 4) is 11.5 Å². The zero-order valence-electron chi connectivity index (χ0n) is 12.4. The van der Waals surface area contributed by atoms with Crippen LogP contribution in [0.5, 0.6) is 11.5 Å². The lowest BCUT2D eigenvalue weighted by Gasteiger charge is -2.28. The van der Waals surface area contributed by atoms with Gasteiger partial charge in [0.1, 0.15) is 0 Å². The van der Waals surface area contributed by atoms with Gasteiger partial charge in [0.15, 0.2) is 11.5 Å². The Bertz CT molecular complexity index is 553. The molecule has 0 amide bonds. The largest absolute Gasteiger partial charge is 0.493 e. The second kappa shape index (κ2) is 5.90. The normalized spacial score (nSPS) is 20.4. The van der Waals surface area contributed by atoms with Crippen molar-refractivity contribution in [2.75, 3.05) is 7.11 Å². The molecule has 1 aromatic rings. The minimum atomic E-state index is -0.413. The molecule has 112 valence electrons. The summed E-state index contributed by atoms with van der Waals surface area (Å²) in [4.78, 5) is 14.9. The van der Waals surface area contributed by atoms with Crippen molar-refractivity contribution >= 4 is 6.08 Å². The van der Waals surface area contributed by atoms with Crippen LogP contribution in [0.15, 0.2) is 23.2 Å². The molecule has 2 aliphatic carbocycles. The van der Waals surface area contributed by atoms with Crippen LogP contribution in [0.4, 0.5) is 0 Å². The van der Waals surface area contributed by atoms with E-state index >= 15 is 0 Å². The number of hydrogen-bond donors (Lipinski definition) is 0. The molecule has 0 spiro atoms. The molecule has 4 heteroatoms. The van der Waals surface area contributed by atoms with Gasteiger partial charge in [-0.3, -0.25) is 0 Å². The van der Waals surface area contributed by atoms with Gasteiger partial charge in [-0.1, -0.05) is 18.9 Å². The topological polar surface area (TPSA) is 47.9 Å². The highest BCUT2D eigenvalue weighted by atomic mass is 16.5. The monoisotopic (exact) mass is 287 g/mol. The Balaban J connectivity index is 1.90. The summed E-state index contributed by atoms with van der Waals surface area (Å²) in [7, 11) is 1.65. The fraction of sp³-hybridized carbons (Fsp3) is 0.588. The zero-order valence-corrected chi connectivity index (χ0v) is 12.4. The van der Waals surface area contributed by atoms with Gasteiger partial charge in [0.05, 0.1) is 18.8 Å². The lowest BCUT2D eigenvalue weighted by Crippen LogP contribution is -2.25. The van der Waals surface area contributed by atoms with Crippen LogP contribution < -0.4 is 9.47 Å². The average Bonchev–Trinajstić information content (AvgIpc) is 2.93. The van der Waals surface area contributed by atoms with Crippen LogP contribution in [-0.4, -0.2) is 19.3 Å². The van der Waals surface area contributed by atoms with E-state index in [9.17, 15) is 4.79 Å². The van der Waals surface area contributed by atoms with Gasteiger partial charge in [-0.15, -0.1) is 0 Å². The van der Waals surface area contributed by atoms with Crippen molar-refractivity contribution in [2.24, 2.45) is 4.99 Å². The molecule has 0 saturated heterocycles. The third-order valence-electron chi connectivity index (χ3n) is 4.74. The summed E-state index contributed by atoms with van der Waals surface area (Å²) < 4.78 is 11.4. The second-order valence-electron chi connectivity index (χ2n) is 5.98. The van der Waals surface area contributed by atoms with Crippen LogP contribution >= 0.6 is 0 Å². The molecule has 0 aliphatic heterocycles. The van der Waals surface area contributed by atoms with E-state index in [4.69, 9.17) is 9.47 Å². The Labute approximate surface area is 125 Å². The third-order valence-corrected chi connectivity index (χ3v) is 4.74. The van der Waals surface area contributed by atoms with Crippen molar-refractivity contribution in [2.45, 2.75) is 56.6 Å². The van der Waals surface area contributed by atoms with Crippen LogP contribution in [0.1, 0.15) is 50.5 Å². The summed E-state index contributed by atoms with van der Waals surface area (Å²) in [5.74, 6) is 1.51. The van der Waals surface area contributed by atoms with Crippen molar-refractivity contribution in [1.82, 2.24) is 0 Å². The molecule has 3 rings (SSSR count). The maximum absolute atomic E-state index is 10.8. The highest BCUT2D eigenvalue weighted by Crippen LogP contribution is 2.44. The number of benzene rings is 1. The molecular formula is C17H21NO3. The molecule has 0 atom stereocenters. The summed E-state index contributed by atoms with van der Waals surface area (Å²) in [5, 5.41) is 0. The minimum Gasteiger partial charge on any atom is -0.493 e. The highest BCUT2D eigenvalue weighted by molar-refractivity contribution is 5.47. The van der Waals surface area contributed by atoms with Gasteiger partial charge in [-0.05, 0) is 49.8 Å². The predicted octanol–water partition coefficient (Wildman–Crippen LogP) is 3.73. The number of carbonyl (C=O) groups excluding carboxylic acids is 1. The molecule has 0 aromatic heterocycles. The summed E-state index contributed by atoms with van der Waals surface area (Å²) in [5.41, 5.74) is 0.616. The van der Waals surface area contributed by atoms with Crippen LogP contribution in [0.3, 0.4) is 0 Å². The molecule has 0 unspecified atom stereocenters. The Hall–Kier alpha value is -1.80. The quantitative estimate of drug-likeness (QED) is 0.612. The number of rotatable bonds is 5. The Morgan fingerprint density at radius 2 is 1.95 bits per heavy atom. The molecule has 21 heavy (non-hydrogen) atoms. The van der Waals surface area contributed by atoms with E-state index in [0.717, 1.165) is 55.6 Å². The van der Waals surface area contributed by atoms with E-state index in [2.05, 4.69) is 4.99 Å². The summed E-state index contributed by atoms with van der Waals surface area (Å²) in [6, 6.07) is 5.94. The molecule has 0 radical (unpaired) electrons. The predicted molar refractivity (Wildman–Crippen MR) is 79.5 cm³/mol. The molecule has 0 heterocycles. The highest BCUT2D eigenvalue weighted by Gasteiger charge is 2.36. The van der Waals surface area contributed by atoms with Gasteiger partial charge in [0, 0.05) is 0 Å². The van der Waals surface area contributed by atoms with Crippen LogP contribution in [0.25, 0.3) is 0 Å². The van der Waals surface area contributed by atoms with Crippen molar-refractivity contribution in [1.29, 1.82) is 0 Å². The molecule has 2 saturated carbocycles. The molecule has 2 aliphatic rings. The van der Waals surface area contributed by atoms with E-state index in [-0.39, 0.29) is 0 Å². The Kier molecular flexibility index (Phi) is 3.98. The third kappa shape index (κ3) is 2.68. The minimum absolute atomic E-state index is 0.318. The number of ether oxygens (including phenoxy) is 2. The van der Waals surface area contributed by atoms with Crippen molar-refractivity contribution in [3.05, 3.63) is 23.8 Å². The number of aliphatic imine (C=N–C) groups is 1. The first kappa shape index (κ1) is 14.2. The molecule has 0 N–H and O–H groups in total. The van der Waals surface area contributed by atoms with Crippen LogP contribution in [-0.2, 0) is 10.3 Å².